The van der Waals surface area contributed by atoms with Crippen molar-refractivity contribution in [3.05, 3.63) is 23.6 Å². The van der Waals surface area contributed by atoms with Crippen LogP contribution in [0.4, 0.5) is 10.2 Å². The fourth-order valence-corrected chi connectivity index (χ4v) is 2.34. The molecule has 1 saturated heterocycles. The summed E-state index contributed by atoms with van der Waals surface area (Å²) in [5, 5.41) is 0. The lowest BCUT2D eigenvalue weighted by molar-refractivity contribution is -0.148. The van der Waals surface area contributed by atoms with Crippen LogP contribution in [0.25, 0.3) is 0 Å². The molecule has 5 nitrogen and oxygen atoms in total. The highest BCUT2D eigenvalue weighted by molar-refractivity contribution is 5.77. The third kappa shape index (κ3) is 3.12. The van der Waals surface area contributed by atoms with E-state index in [2.05, 4.69) is 4.98 Å². The molecule has 108 valence electrons. The highest BCUT2D eigenvalue weighted by atomic mass is 19.1. The molecule has 1 aliphatic heterocycles. The zero-order valence-corrected chi connectivity index (χ0v) is 11.3. The number of aldehydes is 1. The molecule has 1 atom stereocenters. The van der Waals surface area contributed by atoms with Crippen LogP contribution in [-0.2, 0) is 9.53 Å². The first-order chi connectivity index (χ1) is 9.65. The first-order valence-corrected chi connectivity index (χ1v) is 6.68. The van der Waals surface area contributed by atoms with E-state index < -0.39 is 5.82 Å². The predicted molar refractivity (Wildman–Crippen MR) is 71.2 cm³/mol. The van der Waals surface area contributed by atoms with Crippen LogP contribution in [0.5, 0.6) is 0 Å². The number of esters is 1. The Labute approximate surface area is 116 Å². The van der Waals surface area contributed by atoms with Crippen molar-refractivity contribution in [1.29, 1.82) is 0 Å². The van der Waals surface area contributed by atoms with E-state index in [1.165, 1.54) is 6.07 Å². The van der Waals surface area contributed by atoms with Crippen LogP contribution in [-0.4, -0.2) is 36.9 Å². The topological polar surface area (TPSA) is 59.5 Å². The number of carbonyl (C=O) groups excluding carboxylic acids is 2. The van der Waals surface area contributed by atoms with Crippen LogP contribution in [0.3, 0.4) is 0 Å². The maximum Gasteiger partial charge on any atom is 0.310 e. The van der Waals surface area contributed by atoms with Crippen LogP contribution >= 0.6 is 0 Å². The molecule has 0 amide bonds. The van der Waals surface area contributed by atoms with Gasteiger partial charge in [-0.3, -0.25) is 9.59 Å². The molecule has 1 fully saturated rings. The Balaban J connectivity index is 2.12. The molecular weight excluding hydrogens is 263 g/mol. The quantitative estimate of drug-likeness (QED) is 0.622. The number of halogens is 1. The molecule has 1 unspecified atom stereocenters. The van der Waals surface area contributed by atoms with Gasteiger partial charge in [0.05, 0.1) is 24.3 Å². The summed E-state index contributed by atoms with van der Waals surface area (Å²) in [6, 6.07) is 1.41. The normalized spacial score (nSPS) is 18.7. The first-order valence-electron chi connectivity index (χ1n) is 6.68. The maximum absolute atomic E-state index is 13.3. The van der Waals surface area contributed by atoms with Crippen LogP contribution in [0.1, 0.15) is 30.1 Å². The number of ether oxygens (including phenoxy) is 1. The van der Waals surface area contributed by atoms with E-state index in [1.807, 2.05) is 4.90 Å². The molecule has 20 heavy (non-hydrogen) atoms. The Morgan fingerprint density at radius 2 is 2.45 bits per heavy atom. The lowest BCUT2D eigenvalue weighted by Gasteiger charge is -2.32. The van der Waals surface area contributed by atoms with Gasteiger partial charge in [0.15, 0.2) is 12.1 Å². The number of piperidine rings is 1. The lowest BCUT2D eigenvalue weighted by Crippen LogP contribution is -2.39. The molecule has 0 spiro atoms. The van der Waals surface area contributed by atoms with Gasteiger partial charge in [-0.2, -0.15) is 0 Å². The first kappa shape index (κ1) is 14.4. The van der Waals surface area contributed by atoms with Gasteiger partial charge < -0.3 is 9.64 Å². The minimum atomic E-state index is -0.636. The van der Waals surface area contributed by atoms with Crippen molar-refractivity contribution < 1.29 is 18.7 Å². The highest BCUT2D eigenvalue weighted by Crippen LogP contribution is 2.23. The number of pyridine rings is 1. The second-order valence-electron chi connectivity index (χ2n) is 4.72. The average molecular weight is 280 g/mol. The summed E-state index contributed by atoms with van der Waals surface area (Å²) in [6.45, 7) is 3.35. The summed E-state index contributed by atoms with van der Waals surface area (Å²) in [6.07, 6.45) is 3.11. The molecular formula is C14H17FN2O3. The largest absolute Gasteiger partial charge is 0.466 e. The molecule has 1 aromatic heterocycles. The van der Waals surface area contributed by atoms with Crippen molar-refractivity contribution in [2.45, 2.75) is 19.8 Å². The van der Waals surface area contributed by atoms with Crippen molar-refractivity contribution in [2.75, 3.05) is 24.6 Å². The van der Waals surface area contributed by atoms with E-state index in [4.69, 9.17) is 4.74 Å². The van der Waals surface area contributed by atoms with E-state index in [0.29, 0.717) is 25.3 Å². The molecule has 0 N–H and O–H groups in total. The van der Waals surface area contributed by atoms with E-state index in [-0.39, 0.29) is 17.5 Å². The van der Waals surface area contributed by atoms with Crippen LogP contribution in [0, 0.1) is 11.7 Å². The molecule has 2 heterocycles. The van der Waals surface area contributed by atoms with Gasteiger partial charge in [-0.05, 0) is 25.8 Å². The van der Waals surface area contributed by atoms with Gasteiger partial charge in [0.25, 0.3) is 0 Å². The Bertz CT molecular complexity index is 507. The molecule has 1 aliphatic rings. The van der Waals surface area contributed by atoms with Crippen LogP contribution < -0.4 is 4.90 Å². The van der Waals surface area contributed by atoms with Crippen molar-refractivity contribution in [3.8, 4) is 0 Å². The summed E-state index contributed by atoms with van der Waals surface area (Å²) in [7, 11) is 0. The third-order valence-electron chi connectivity index (χ3n) is 3.36. The van der Waals surface area contributed by atoms with Crippen molar-refractivity contribution in [1.82, 2.24) is 4.98 Å². The molecule has 0 aliphatic carbocycles. The molecule has 0 bridgehead atoms. The minimum Gasteiger partial charge on any atom is -0.466 e. The highest BCUT2D eigenvalue weighted by Gasteiger charge is 2.27. The zero-order chi connectivity index (χ0) is 14.5. The number of rotatable bonds is 4. The number of aromatic nitrogens is 1. The minimum absolute atomic E-state index is 0.0201. The van der Waals surface area contributed by atoms with Gasteiger partial charge in [-0.25, -0.2) is 9.37 Å². The average Bonchev–Trinajstić information content (AvgIpc) is 2.48. The zero-order valence-electron chi connectivity index (χ0n) is 11.3. The molecule has 0 radical (unpaired) electrons. The van der Waals surface area contributed by atoms with Crippen LogP contribution in [0.2, 0.25) is 0 Å². The van der Waals surface area contributed by atoms with Crippen molar-refractivity contribution >= 4 is 18.1 Å². The van der Waals surface area contributed by atoms with Gasteiger partial charge in [0.1, 0.15) is 5.82 Å². The predicted octanol–water partition coefficient (Wildman–Crippen LogP) is 1.81. The number of nitrogens with zero attached hydrogens (tertiary/aromatic N) is 2. The molecule has 2 rings (SSSR count). The number of anilines is 1. The summed E-state index contributed by atoms with van der Waals surface area (Å²) < 4.78 is 18.3. The van der Waals surface area contributed by atoms with Crippen molar-refractivity contribution in [3.63, 3.8) is 0 Å². The second kappa shape index (κ2) is 6.45. The van der Waals surface area contributed by atoms with Gasteiger partial charge in [-0.1, -0.05) is 0 Å². The third-order valence-corrected chi connectivity index (χ3v) is 3.36. The van der Waals surface area contributed by atoms with Gasteiger partial charge in [-0.15, -0.1) is 0 Å². The van der Waals surface area contributed by atoms with E-state index >= 15 is 0 Å². The summed E-state index contributed by atoms with van der Waals surface area (Å²) in [5.41, 5.74) is -0.0201. The Hall–Kier alpha value is -1.98. The van der Waals surface area contributed by atoms with Crippen molar-refractivity contribution in [2.24, 2.45) is 5.92 Å². The Morgan fingerprint density at radius 1 is 1.65 bits per heavy atom. The maximum atomic E-state index is 13.3. The summed E-state index contributed by atoms with van der Waals surface area (Å²) in [5.74, 6) is -0.532. The molecule has 6 heteroatoms. The molecule has 1 aromatic rings. The molecule has 0 aromatic carbocycles. The number of hydrogen-bond donors (Lipinski definition) is 0. The second-order valence-corrected chi connectivity index (χ2v) is 4.72. The fraction of sp³-hybridized carbons (Fsp3) is 0.500. The standard InChI is InChI=1S/C14H17FN2O3/c1-2-20-14(19)10-4-3-5-17(8-10)13-6-11(9-18)12(15)7-16-13/h6-7,9-10H,2-5,8H2,1H3. The summed E-state index contributed by atoms with van der Waals surface area (Å²) in [4.78, 5) is 28.4. The Morgan fingerprint density at radius 3 is 3.15 bits per heavy atom. The number of carbonyl (C=O) groups is 2. The monoisotopic (exact) mass is 280 g/mol. The smallest absolute Gasteiger partial charge is 0.310 e. The van der Waals surface area contributed by atoms with Gasteiger partial charge in [0.2, 0.25) is 0 Å². The van der Waals surface area contributed by atoms with Gasteiger partial charge in [0, 0.05) is 13.1 Å². The van der Waals surface area contributed by atoms with E-state index in [1.54, 1.807) is 6.92 Å². The summed E-state index contributed by atoms with van der Waals surface area (Å²) >= 11 is 0. The van der Waals surface area contributed by atoms with E-state index in [0.717, 1.165) is 25.6 Å². The molecule has 0 saturated carbocycles. The fourth-order valence-electron chi connectivity index (χ4n) is 2.34. The SMILES string of the molecule is CCOC(=O)C1CCCN(c2cc(C=O)c(F)cn2)C1. The lowest BCUT2D eigenvalue weighted by atomic mass is 9.98. The van der Waals surface area contributed by atoms with E-state index in [9.17, 15) is 14.0 Å². The van der Waals surface area contributed by atoms with Gasteiger partial charge >= 0.3 is 5.97 Å². The Kier molecular flexibility index (Phi) is 4.65. The number of hydrogen-bond acceptors (Lipinski definition) is 5. The van der Waals surface area contributed by atoms with Crippen LogP contribution in [0.15, 0.2) is 12.3 Å².